The molecule has 0 amide bonds. The van der Waals surface area contributed by atoms with Crippen LogP contribution in [0.1, 0.15) is 18.4 Å². The number of hydrogen-bond acceptors (Lipinski definition) is 4. The molecular weight excluding hydrogens is 280 g/mol. The molecule has 0 aliphatic carbocycles. The molecule has 0 radical (unpaired) electrons. The summed E-state index contributed by atoms with van der Waals surface area (Å²) in [4.78, 5) is 13.0. The lowest BCUT2D eigenvalue weighted by Crippen LogP contribution is -2.37. The zero-order valence-electron chi connectivity index (χ0n) is 11.5. The van der Waals surface area contributed by atoms with Crippen LogP contribution < -0.4 is 4.90 Å². The van der Waals surface area contributed by atoms with E-state index in [0.29, 0.717) is 18.2 Å². The van der Waals surface area contributed by atoms with Gasteiger partial charge in [0, 0.05) is 32.1 Å². The van der Waals surface area contributed by atoms with Gasteiger partial charge in [-0.25, -0.2) is 0 Å². The number of alkyl halides is 1. The normalized spacial score (nSPS) is 19.1. The minimum Gasteiger partial charge on any atom is -0.384 e. The highest BCUT2D eigenvalue weighted by Gasteiger charge is 2.25. The standard InChI is InChI=1S/C14H19ClN2O3/c1-20-10-12-3-2-6-16(9-12)13-5-4-11(8-15)7-14(13)17(18)19/h4-5,7,12H,2-3,6,8-10H2,1H3. The number of halogens is 1. The lowest BCUT2D eigenvalue weighted by molar-refractivity contribution is -0.384. The molecule has 1 aromatic rings. The second-order valence-electron chi connectivity index (χ2n) is 5.12. The van der Waals surface area contributed by atoms with Crippen LogP contribution in [-0.2, 0) is 10.6 Å². The highest BCUT2D eigenvalue weighted by atomic mass is 35.5. The van der Waals surface area contributed by atoms with E-state index in [1.165, 1.54) is 0 Å². The van der Waals surface area contributed by atoms with E-state index in [1.807, 2.05) is 12.1 Å². The summed E-state index contributed by atoms with van der Waals surface area (Å²) in [7, 11) is 1.69. The summed E-state index contributed by atoms with van der Waals surface area (Å²) in [6.07, 6.45) is 2.14. The monoisotopic (exact) mass is 298 g/mol. The molecule has 0 aromatic heterocycles. The zero-order chi connectivity index (χ0) is 14.5. The maximum Gasteiger partial charge on any atom is 0.292 e. The van der Waals surface area contributed by atoms with E-state index in [0.717, 1.165) is 31.5 Å². The van der Waals surface area contributed by atoms with Crippen LogP contribution >= 0.6 is 11.6 Å². The van der Waals surface area contributed by atoms with Crippen LogP contribution in [0.2, 0.25) is 0 Å². The van der Waals surface area contributed by atoms with Crippen LogP contribution in [0.5, 0.6) is 0 Å². The zero-order valence-corrected chi connectivity index (χ0v) is 12.3. The molecule has 20 heavy (non-hydrogen) atoms. The number of nitro benzene ring substituents is 1. The molecule has 5 nitrogen and oxygen atoms in total. The molecule has 1 fully saturated rings. The van der Waals surface area contributed by atoms with E-state index >= 15 is 0 Å². The van der Waals surface area contributed by atoms with E-state index in [-0.39, 0.29) is 16.5 Å². The Balaban J connectivity index is 2.24. The van der Waals surface area contributed by atoms with E-state index in [2.05, 4.69) is 4.90 Å². The molecule has 0 N–H and O–H groups in total. The Kier molecular flexibility index (Phi) is 5.20. The van der Waals surface area contributed by atoms with Gasteiger partial charge < -0.3 is 9.64 Å². The fraction of sp³-hybridized carbons (Fsp3) is 0.571. The van der Waals surface area contributed by atoms with Crippen molar-refractivity contribution in [2.45, 2.75) is 18.7 Å². The highest BCUT2D eigenvalue weighted by molar-refractivity contribution is 6.17. The maximum atomic E-state index is 11.3. The van der Waals surface area contributed by atoms with Gasteiger partial charge in [0.05, 0.1) is 11.5 Å². The molecule has 2 rings (SSSR count). The first kappa shape index (κ1) is 15.1. The molecule has 1 unspecified atom stereocenters. The Morgan fingerprint density at radius 1 is 1.55 bits per heavy atom. The first-order valence-electron chi connectivity index (χ1n) is 6.73. The average molecular weight is 299 g/mol. The van der Waals surface area contributed by atoms with Gasteiger partial charge in [0.2, 0.25) is 0 Å². The average Bonchev–Trinajstić information content (AvgIpc) is 2.47. The van der Waals surface area contributed by atoms with Crippen molar-refractivity contribution in [2.75, 3.05) is 31.7 Å². The lowest BCUT2D eigenvalue weighted by Gasteiger charge is -2.33. The van der Waals surface area contributed by atoms with Gasteiger partial charge in [0.25, 0.3) is 5.69 Å². The predicted octanol–water partition coefficient (Wildman–Crippen LogP) is 3.20. The number of anilines is 1. The summed E-state index contributed by atoms with van der Waals surface area (Å²) in [6.45, 7) is 2.35. The van der Waals surface area contributed by atoms with Crippen LogP contribution in [0, 0.1) is 16.0 Å². The van der Waals surface area contributed by atoms with Crippen LogP contribution in [-0.4, -0.2) is 31.7 Å². The topological polar surface area (TPSA) is 55.6 Å². The third-order valence-electron chi connectivity index (χ3n) is 3.65. The van der Waals surface area contributed by atoms with Crippen LogP contribution in [0.3, 0.4) is 0 Å². The first-order chi connectivity index (χ1) is 9.65. The maximum absolute atomic E-state index is 11.3. The van der Waals surface area contributed by atoms with Gasteiger partial charge in [-0.1, -0.05) is 6.07 Å². The molecule has 1 aromatic carbocycles. The summed E-state index contributed by atoms with van der Waals surface area (Å²) in [5.41, 5.74) is 1.60. The molecule has 1 aliphatic heterocycles. The van der Waals surface area contributed by atoms with Crippen molar-refractivity contribution < 1.29 is 9.66 Å². The Labute approximate surface area is 123 Å². The Bertz CT molecular complexity index is 479. The summed E-state index contributed by atoms with van der Waals surface area (Å²) < 4.78 is 5.20. The number of nitro groups is 1. The highest BCUT2D eigenvalue weighted by Crippen LogP contribution is 2.32. The van der Waals surface area contributed by atoms with Crippen molar-refractivity contribution in [1.29, 1.82) is 0 Å². The fourth-order valence-electron chi connectivity index (χ4n) is 2.72. The van der Waals surface area contributed by atoms with Gasteiger partial charge >= 0.3 is 0 Å². The van der Waals surface area contributed by atoms with Crippen molar-refractivity contribution in [3.05, 3.63) is 33.9 Å². The Morgan fingerprint density at radius 2 is 2.35 bits per heavy atom. The Hall–Kier alpha value is -1.33. The molecule has 0 bridgehead atoms. The predicted molar refractivity (Wildman–Crippen MR) is 79.5 cm³/mol. The van der Waals surface area contributed by atoms with E-state index in [9.17, 15) is 10.1 Å². The minimum absolute atomic E-state index is 0.140. The van der Waals surface area contributed by atoms with Crippen LogP contribution in [0.25, 0.3) is 0 Å². The Morgan fingerprint density at radius 3 is 3.00 bits per heavy atom. The number of piperidine rings is 1. The van der Waals surface area contributed by atoms with Crippen molar-refractivity contribution in [3.63, 3.8) is 0 Å². The van der Waals surface area contributed by atoms with E-state index in [4.69, 9.17) is 16.3 Å². The summed E-state index contributed by atoms with van der Waals surface area (Å²) in [6, 6.07) is 5.24. The summed E-state index contributed by atoms with van der Waals surface area (Å²) >= 11 is 5.75. The molecular formula is C14H19ClN2O3. The molecule has 6 heteroatoms. The first-order valence-corrected chi connectivity index (χ1v) is 7.26. The van der Waals surface area contributed by atoms with Gasteiger partial charge in [0.15, 0.2) is 0 Å². The molecule has 0 spiro atoms. The SMILES string of the molecule is COCC1CCCN(c2ccc(CCl)cc2[N+](=O)[O-])C1. The molecule has 1 heterocycles. The molecule has 1 atom stereocenters. The van der Waals surface area contributed by atoms with Gasteiger partial charge in [-0.3, -0.25) is 10.1 Å². The van der Waals surface area contributed by atoms with Crippen LogP contribution in [0.4, 0.5) is 11.4 Å². The lowest BCUT2D eigenvalue weighted by atomic mass is 9.98. The minimum atomic E-state index is -0.328. The molecule has 1 saturated heterocycles. The van der Waals surface area contributed by atoms with Crippen molar-refractivity contribution in [3.8, 4) is 0 Å². The third-order valence-corrected chi connectivity index (χ3v) is 3.96. The van der Waals surface area contributed by atoms with Gasteiger partial charge in [-0.2, -0.15) is 0 Å². The smallest absolute Gasteiger partial charge is 0.292 e. The molecule has 1 aliphatic rings. The second-order valence-corrected chi connectivity index (χ2v) is 5.39. The third kappa shape index (κ3) is 3.41. The van der Waals surface area contributed by atoms with Crippen LogP contribution in [0.15, 0.2) is 18.2 Å². The van der Waals surface area contributed by atoms with Gasteiger partial charge in [-0.05, 0) is 30.4 Å². The van der Waals surface area contributed by atoms with Crippen molar-refractivity contribution in [2.24, 2.45) is 5.92 Å². The molecule has 0 saturated carbocycles. The summed E-state index contributed by atoms with van der Waals surface area (Å²) in [5, 5.41) is 11.3. The fourth-order valence-corrected chi connectivity index (χ4v) is 2.89. The number of ether oxygens (including phenoxy) is 1. The number of hydrogen-bond donors (Lipinski definition) is 0. The molecule has 110 valence electrons. The van der Waals surface area contributed by atoms with Gasteiger partial charge in [-0.15, -0.1) is 11.6 Å². The van der Waals surface area contributed by atoms with E-state index < -0.39 is 0 Å². The van der Waals surface area contributed by atoms with Crippen molar-refractivity contribution >= 4 is 23.0 Å². The second kappa shape index (κ2) is 6.90. The van der Waals surface area contributed by atoms with E-state index in [1.54, 1.807) is 13.2 Å². The largest absolute Gasteiger partial charge is 0.384 e. The number of rotatable bonds is 5. The van der Waals surface area contributed by atoms with Gasteiger partial charge in [0.1, 0.15) is 5.69 Å². The number of benzene rings is 1. The van der Waals surface area contributed by atoms with Crippen molar-refractivity contribution in [1.82, 2.24) is 0 Å². The summed E-state index contributed by atoms with van der Waals surface area (Å²) in [5.74, 6) is 0.717. The number of nitrogens with zero attached hydrogens (tertiary/aromatic N) is 2. The quantitative estimate of drug-likeness (QED) is 0.476. The number of methoxy groups -OCH3 is 1.